The molecule has 1 aromatic heterocycles. The number of aromatic nitrogens is 1. The summed E-state index contributed by atoms with van der Waals surface area (Å²) < 4.78 is 27.0. The molecule has 1 heterocycles. The quantitative estimate of drug-likeness (QED) is 0.690. The smallest absolute Gasteiger partial charge is 0.280 e. The molecule has 0 aliphatic heterocycles. The van der Waals surface area contributed by atoms with Crippen LogP contribution in [0.1, 0.15) is 28.4 Å². The molecule has 0 radical (unpaired) electrons. The molecule has 0 unspecified atom stereocenters. The molecule has 0 spiro atoms. The highest BCUT2D eigenvalue weighted by Gasteiger charge is 2.18. The Kier molecular flexibility index (Phi) is 4.86. The van der Waals surface area contributed by atoms with Crippen molar-refractivity contribution in [2.24, 2.45) is 4.99 Å². The minimum Gasteiger partial charge on any atom is -0.316 e. The van der Waals surface area contributed by atoms with Gasteiger partial charge in [0.2, 0.25) is 0 Å². The van der Waals surface area contributed by atoms with Crippen LogP contribution in [-0.2, 0) is 16.4 Å². The van der Waals surface area contributed by atoms with E-state index < -0.39 is 15.7 Å². The van der Waals surface area contributed by atoms with Gasteiger partial charge in [-0.1, -0.05) is 35.6 Å². The van der Waals surface area contributed by atoms with Crippen LogP contribution < -0.4 is 4.80 Å². The van der Waals surface area contributed by atoms with E-state index in [1.54, 1.807) is 12.1 Å². The molecule has 0 saturated heterocycles. The first kappa shape index (κ1) is 18.5. The second-order valence-corrected chi connectivity index (χ2v) is 9.15. The van der Waals surface area contributed by atoms with Gasteiger partial charge in [0, 0.05) is 12.8 Å². The molecular weight excluding hydrogens is 368 g/mol. The SMILES string of the molecule is CCn1c(=NC(=O)c2ccccc2S(C)(=O)=O)sc2c(C)ccc(C)c21. The number of fused-ring (bicyclic) bond motifs is 1. The molecule has 26 heavy (non-hydrogen) atoms. The summed E-state index contributed by atoms with van der Waals surface area (Å²) in [6.45, 7) is 6.74. The largest absolute Gasteiger partial charge is 0.316 e. The molecule has 3 aromatic rings. The van der Waals surface area contributed by atoms with Crippen LogP contribution in [0.25, 0.3) is 10.2 Å². The molecule has 0 bridgehead atoms. The monoisotopic (exact) mass is 388 g/mol. The fourth-order valence-electron chi connectivity index (χ4n) is 2.97. The Morgan fingerprint density at radius 3 is 2.42 bits per heavy atom. The minimum atomic E-state index is -3.51. The van der Waals surface area contributed by atoms with Crippen molar-refractivity contribution in [2.75, 3.05) is 6.26 Å². The van der Waals surface area contributed by atoms with Gasteiger partial charge in [-0.2, -0.15) is 4.99 Å². The molecular formula is C19H20N2O3S2. The highest BCUT2D eigenvalue weighted by molar-refractivity contribution is 7.90. The molecule has 0 fully saturated rings. The van der Waals surface area contributed by atoms with Gasteiger partial charge in [0.1, 0.15) is 0 Å². The summed E-state index contributed by atoms with van der Waals surface area (Å²) in [5.41, 5.74) is 3.42. The molecule has 0 aliphatic rings. The topological polar surface area (TPSA) is 68.5 Å². The number of hydrogen-bond donors (Lipinski definition) is 0. The average molecular weight is 389 g/mol. The Labute approximate surface area is 156 Å². The number of carbonyl (C=O) groups excluding carboxylic acids is 1. The van der Waals surface area contributed by atoms with Crippen LogP contribution in [0.3, 0.4) is 0 Å². The van der Waals surface area contributed by atoms with Gasteiger partial charge in [0.15, 0.2) is 14.6 Å². The summed E-state index contributed by atoms with van der Waals surface area (Å²) in [7, 11) is -3.51. The number of benzene rings is 2. The third-order valence-corrected chi connectivity index (χ3v) is 6.62. The van der Waals surface area contributed by atoms with Crippen LogP contribution in [0.2, 0.25) is 0 Å². The zero-order valence-corrected chi connectivity index (χ0v) is 16.7. The summed E-state index contributed by atoms with van der Waals surface area (Å²) >= 11 is 1.45. The molecule has 0 atom stereocenters. The van der Waals surface area contributed by atoms with E-state index >= 15 is 0 Å². The lowest BCUT2D eigenvalue weighted by molar-refractivity contribution is 0.0994. The van der Waals surface area contributed by atoms with Crippen molar-refractivity contribution in [3.05, 3.63) is 57.9 Å². The van der Waals surface area contributed by atoms with Gasteiger partial charge in [-0.25, -0.2) is 8.42 Å². The second kappa shape index (κ2) is 6.81. The summed E-state index contributed by atoms with van der Waals surface area (Å²) in [4.78, 5) is 17.6. The van der Waals surface area contributed by atoms with Crippen molar-refractivity contribution in [3.8, 4) is 0 Å². The Hall–Kier alpha value is -2.25. The third-order valence-electron chi connectivity index (χ3n) is 4.25. The maximum Gasteiger partial charge on any atom is 0.280 e. The van der Waals surface area contributed by atoms with Crippen LogP contribution in [-0.4, -0.2) is 25.1 Å². The Morgan fingerprint density at radius 2 is 1.77 bits per heavy atom. The molecule has 2 aromatic carbocycles. The lowest BCUT2D eigenvalue weighted by Gasteiger charge is -2.05. The van der Waals surface area contributed by atoms with Gasteiger partial charge >= 0.3 is 0 Å². The van der Waals surface area contributed by atoms with Gasteiger partial charge in [0.05, 0.1) is 20.7 Å². The zero-order chi connectivity index (χ0) is 19.1. The van der Waals surface area contributed by atoms with Crippen molar-refractivity contribution in [1.82, 2.24) is 4.57 Å². The summed E-state index contributed by atoms with van der Waals surface area (Å²) in [6.07, 6.45) is 1.09. The van der Waals surface area contributed by atoms with E-state index in [4.69, 9.17) is 0 Å². The highest BCUT2D eigenvalue weighted by atomic mass is 32.2. The van der Waals surface area contributed by atoms with E-state index in [1.165, 1.54) is 23.5 Å². The zero-order valence-electron chi connectivity index (χ0n) is 15.1. The fourth-order valence-corrected chi connectivity index (χ4v) is 5.09. The summed E-state index contributed by atoms with van der Waals surface area (Å²) in [6, 6.07) is 10.3. The minimum absolute atomic E-state index is 0.00488. The Morgan fingerprint density at radius 1 is 1.12 bits per heavy atom. The van der Waals surface area contributed by atoms with E-state index in [0.717, 1.165) is 27.6 Å². The number of sulfone groups is 1. The first-order chi connectivity index (χ1) is 12.2. The van der Waals surface area contributed by atoms with Crippen LogP contribution >= 0.6 is 11.3 Å². The van der Waals surface area contributed by atoms with Crippen molar-refractivity contribution >= 4 is 37.3 Å². The summed E-state index contributed by atoms with van der Waals surface area (Å²) in [5.74, 6) is -0.546. The molecule has 136 valence electrons. The predicted octanol–water partition coefficient (Wildman–Crippen LogP) is 3.48. The van der Waals surface area contributed by atoms with Gasteiger partial charge < -0.3 is 4.57 Å². The molecule has 5 nitrogen and oxygen atoms in total. The van der Waals surface area contributed by atoms with E-state index in [1.807, 2.05) is 25.3 Å². The normalized spacial score (nSPS) is 12.7. The molecule has 7 heteroatoms. The summed E-state index contributed by atoms with van der Waals surface area (Å²) in [5, 5.41) is 0. The van der Waals surface area contributed by atoms with Crippen LogP contribution in [0.4, 0.5) is 0 Å². The van der Waals surface area contributed by atoms with Gasteiger partial charge in [0.25, 0.3) is 5.91 Å². The van der Waals surface area contributed by atoms with E-state index in [2.05, 4.69) is 17.1 Å². The van der Waals surface area contributed by atoms with E-state index in [-0.39, 0.29) is 10.5 Å². The standard InChI is InChI=1S/C19H20N2O3S2/c1-5-21-16-12(2)10-11-13(3)17(16)25-19(21)20-18(22)14-8-6-7-9-15(14)26(4,23)24/h6-11H,5H2,1-4H3. The highest BCUT2D eigenvalue weighted by Crippen LogP contribution is 2.25. The molecule has 0 aliphatic carbocycles. The first-order valence-electron chi connectivity index (χ1n) is 8.21. The van der Waals surface area contributed by atoms with Crippen LogP contribution in [0, 0.1) is 13.8 Å². The maximum atomic E-state index is 12.8. The molecule has 0 N–H and O–H groups in total. The number of hydrogen-bond acceptors (Lipinski definition) is 4. The van der Waals surface area contributed by atoms with Gasteiger partial charge in [-0.15, -0.1) is 0 Å². The van der Waals surface area contributed by atoms with E-state index in [0.29, 0.717) is 11.3 Å². The van der Waals surface area contributed by atoms with Gasteiger partial charge in [-0.3, -0.25) is 4.79 Å². The van der Waals surface area contributed by atoms with E-state index in [9.17, 15) is 13.2 Å². The molecule has 1 amide bonds. The van der Waals surface area contributed by atoms with Crippen molar-refractivity contribution in [1.29, 1.82) is 0 Å². The number of amides is 1. The maximum absolute atomic E-state index is 12.8. The van der Waals surface area contributed by atoms with Crippen molar-refractivity contribution in [3.63, 3.8) is 0 Å². The van der Waals surface area contributed by atoms with Crippen molar-refractivity contribution < 1.29 is 13.2 Å². The Bertz CT molecular complexity index is 1190. The second-order valence-electron chi connectivity index (χ2n) is 6.19. The number of aryl methyl sites for hydroxylation is 3. The predicted molar refractivity (Wildman–Crippen MR) is 104 cm³/mol. The molecule has 3 rings (SSSR count). The fraction of sp³-hybridized carbons (Fsp3) is 0.263. The van der Waals surface area contributed by atoms with Crippen LogP contribution in [0.15, 0.2) is 46.3 Å². The molecule has 0 saturated carbocycles. The van der Waals surface area contributed by atoms with Crippen LogP contribution in [0.5, 0.6) is 0 Å². The number of carbonyl (C=O) groups is 1. The lowest BCUT2D eigenvalue weighted by atomic mass is 10.1. The first-order valence-corrected chi connectivity index (χ1v) is 10.9. The Balaban J connectivity index is 2.26. The lowest BCUT2D eigenvalue weighted by Crippen LogP contribution is -2.17. The average Bonchev–Trinajstić information content (AvgIpc) is 2.97. The number of thiazole rings is 1. The number of nitrogens with zero attached hydrogens (tertiary/aromatic N) is 2. The number of rotatable bonds is 3. The van der Waals surface area contributed by atoms with Crippen molar-refractivity contribution in [2.45, 2.75) is 32.2 Å². The third kappa shape index (κ3) is 3.24. The van der Waals surface area contributed by atoms with Gasteiger partial charge in [-0.05, 0) is 44.0 Å².